The molecule has 5 heteroatoms. The maximum absolute atomic E-state index is 13.2. The van der Waals surface area contributed by atoms with Gasteiger partial charge in [0.15, 0.2) is 0 Å². The third-order valence-electron chi connectivity index (χ3n) is 2.89. The van der Waals surface area contributed by atoms with Gasteiger partial charge in [-0.1, -0.05) is 11.3 Å². The van der Waals surface area contributed by atoms with Crippen LogP contribution in [0.2, 0.25) is 0 Å². The number of aromatic nitrogens is 1. The highest BCUT2D eigenvalue weighted by Gasteiger charge is 2.11. The minimum Gasteiger partial charge on any atom is -0.299 e. The van der Waals surface area contributed by atoms with Crippen LogP contribution >= 0.6 is 11.3 Å². The topological polar surface area (TPSA) is 45.8 Å². The Labute approximate surface area is 108 Å². The Morgan fingerprint density at radius 1 is 1.44 bits per heavy atom. The molecule has 0 fully saturated rings. The zero-order valence-corrected chi connectivity index (χ0v) is 10.8. The van der Waals surface area contributed by atoms with Gasteiger partial charge in [-0.2, -0.15) is 5.26 Å². The number of thiazole rings is 1. The minimum atomic E-state index is -0.401. The lowest BCUT2D eigenvalue weighted by Gasteiger charge is -2.07. The number of benzene rings is 1. The first-order valence-corrected chi connectivity index (χ1v) is 6.20. The molecule has 92 valence electrons. The molecule has 0 aliphatic rings. The molecule has 1 aromatic carbocycles. The Bertz CT molecular complexity index is 694. The summed E-state index contributed by atoms with van der Waals surface area (Å²) < 4.78 is 14.8. The number of rotatable bonds is 2. The predicted octanol–water partition coefficient (Wildman–Crippen LogP) is 2.59. The molecule has 0 aliphatic carbocycles. The average Bonchev–Trinajstić information content (AvgIpc) is 2.56. The van der Waals surface area contributed by atoms with Crippen LogP contribution in [0.5, 0.6) is 0 Å². The molecule has 0 spiro atoms. The second kappa shape index (κ2) is 4.75. The molecule has 2 rings (SSSR count). The van der Waals surface area contributed by atoms with E-state index in [2.05, 4.69) is 0 Å². The molecule has 18 heavy (non-hydrogen) atoms. The van der Waals surface area contributed by atoms with Gasteiger partial charge in [0.2, 0.25) is 0 Å². The molecular formula is C13H11FN2OS. The first-order chi connectivity index (χ1) is 8.52. The van der Waals surface area contributed by atoms with Crippen LogP contribution in [-0.2, 0) is 6.54 Å². The van der Waals surface area contributed by atoms with Crippen LogP contribution in [-0.4, -0.2) is 4.57 Å². The Morgan fingerprint density at radius 2 is 2.17 bits per heavy atom. The van der Waals surface area contributed by atoms with E-state index in [9.17, 15) is 9.18 Å². The van der Waals surface area contributed by atoms with Gasteiger partial charge >= 0.3 is 4.87 Å². The van der Waals surface area contributed by atoms with Crippen molar-refractivity contribution in [3.8, 4) is 6.07 Å². The molecule has 1 aromatic heterocycles. The Balaban J connectivity index is 2.49. The zero-order chi connectivity index (χ0) is 13.3. The van der Waals surface area contributed by atoms with Gasteiger partial charge in [-0.25, -0.2) is 4.39 Å². The van der Waals surface area contributed by atoms with Crippen molar-refractivity contribution in [1.82, 2.24) is 4.57 Å². The van der Waals surface area contributed by atoms with Crippen LogP contribution < -0.4 is 4.87 Å². The maximum atomic E-state index is 13.2. The summed E-state index contributed by atoms with van der Waals surface area (Å²) in [5.41, 5.74) is 1.78. The monoisotopic (exact) mass is 262 g/mol. The van der Waals surface area contributed by atoms with E-state index in [4.69, 9.17) is 5.26 Å². The second-order valence-electron chi connectivity index (χ2n) is 4.01. The molecule has 2 aromatic rings. The number of aryl methyl sites for hydroxylation is 1. The molecule has 0 atom stereocenters. The summed E-state index contributed by atoms with van der Waals surface area (Å²) in [5, 5.41) is 8.97. The van der Waals surface area contributed by atoms with E-state index in [0.29, 0.717) is 11.1 Å². The zero-order valence-electron chi connectivity index (χ0n) is 10.0. The standard InChI is InChI=1S/C13H11FN2OS/c1-8-9(2)18-13(17)16(8)7-11-5-12(14)4-3-10(11)6-15/h3-5H,7H2,1-2H3. The quantitative estimate of drug-likeness (QED) is 0.835. The molecule has 0 unspecified atom stereocenters. The van der Waals surface area contributed by atoms with Crippen LogP contribution in [0, 0.1) is 31.0 Å². The fourth-order valence-corrected chi connectivity index (χ4v) is 2.57. The molecule has 0 aliphatic heterocycles. The molecule has 0 saturated heterocycles. The molecule has 0 radical (unpaired) electrons. The SMILES string of the molecule is Cc1sc(=O)n(Cc2cc(F)ccc2C#N)c1C. The van der Waals surface area contributed by atoms with Crippen molar-refractivity contribution in [2.24, 2.45) is 0 Å². The summed E-state index contributed by atoms with van der Waals surface area (Å²) >= 11 is 1.16. The first kappa shape index (κ1) is 12.5. The van der Waals surface area contributed by atoms with E-state index in [0.717, 1.165) is 21.9 Å². The van der Waals surface area contributed by atoms with Crippen LogP contribution in [0.25, 0.3) is 0 Å². The van der Waals surface area contributed by atoms with Gasteiger partial charge < -0.3 is 0 Å². The smallest absolute Gasteiger partial charge is 0.299 e. The number of nitriles is 1. The van der Waals surface area contributed by atoms with Crippen molar-refractivity contribution >= 4 is 11.3 Å². The average molecular weight is 262 g/mol. The summed E-state index contributed by atoms with van der Waals surface area (Å²) in [4.78, 5) is 12.6. The maximum Gasteiger partial charge on any atom is 0.307 e. The van der Waals surface area contributed by atoms with E-state index in [1.807, 2.05) is 19.9 Å². The van der Waals surface area contributed by atoms with Crippen molar-refractivity contribution in [2.75, 3.05) is 0 Å². The van der Waals surface area contributed by atoms with Gasteiger partial charge in [0, 0.05) is 10.6 Å². The Kier molecular flexibility index (Phi) is 3.30. The van der Waals surface area contributed by atoms with Gasteiger partial charge in [-0.05, 0) is 37.6 Å². The largest absolute Gasteiger partial charge is 0.307 e. The third kappa shape index (κ3) is 2.20. The summed E-state index contributed by atoms with van der Waals surface area (Å²) in [7, 11) is 0. The van der Waals surface area contributed by atoms with Crippen molar-refractivity contribution in [2.45, 2.75) is 20.4 Å². The summed E-state index contributed by atoms with van der Waals surface area (Å²) in [6.07, 6.45) is 0. The van der Waals surface area contributed by atoms with Crippen molar-refractivity contribution in [3.63, 3.8) is 0 Å². The number of nitrogens with zero attached hydrogens (tertiary/aromatic N) is 2. The van der Waals surface area contributed by atoms with E-state index >= 15 is 0 Å². The lowest BCUT2D eigenvalue weighted by molar-refractivity contribution is 0.622. The van der Waals surface area contributed by atoms with Crippen LogP contribution in [0.4, 0.5) is 4.39 Å². The van der Waals surface area contributed by atoms with Crippen molar-refractivity contribution in [3.05, 3.63) is 55.4 Å². The molecule has 3 nitrogen and oxygen atoms in total. The van der Waals surface area contributed by atoms with E-state index < -0.39 is 5.82 Å². The fraction of sp³-hybridized carbons (Fsp3) is 0.231. The van der Waals surface area contributed by atoms with E-state index in [1.54, 1.807) is 4.57 Å². The molecule has 0 amide bonds. The fourth-order valence-electron chi connectivity index (χ4n) is 1.74. The molecule has 0 saturated carbocycles. The highest BCUT2D eigenvalue weighted by atomic mass is 32.1. The summed E-state index contributed by atoms with van der Waals surface area (Å²) in [5.74, 6) is -0.401. The van der Waals surface area contributed by atoms with Crippen LogP contribution in [0.15, 0.2) is 23.0 Å². The Hall–Kier alpha value is -1.93. The first-order valence-electron chi connectivity index (χ1n) is 5.38. The molecule has 0 bridgehead atoms. The van der Waals surface area contributed by atoms with E-state index in [-0.39, 0.29) is 11.4 Å². The van der Waals surface area contributed by atoms with E-state index in [1.165, 1.54) is 18.2 Å². The van der Waals surface area contributed by atoms with Crippen molar-refractivity contribution in [1.29, 1.82) is 5.26 Å². The number of hydrogen-bond donors (Lipinski definition) is 0. The summed E-state index contributed by atoms with van der Waals surface area (Å²) in [6, 6.07) is 5.99. The van der Waals surface area contributed by atoms with Gasteiger partial charge in [0.1, 0.15) is 5.82 Å². The molecular weight excluding hydrogens is 251 g/mol. The van der Waals surface area contributed by atoms with Gasteiger partial charge in [-0.3, -0.25) is 9.36 Å². The lowest BCUT2D eigenvalue weighted by Crippen LogP contribution is -2.16. The Morgan fingerprint density at radius 3 is 2.72 bits per heavy atom. The van der Waals surface area contributed by atoms with Gasteiger partial charge in [-0.15, -0.1) is 0 Å². The molecule has 0 N–H and O–H groups in total. The van der Waals surface area contributed by atoms with Crippen LogP contribution in [0.1, 0.15) is 21.7 Å². The molecule has 1 heterocycles. The highest BCUT2D eigenvalue weighted by Crippen LogP contribution is 2.15. The predicted molar refractivity (Wildman–Crippen MR) is 68.3 cm³/mol. The highest BCUT2D eigenvalue weighted by molar-refractivity contribution is 7.09. The number of hydrogen-bond acceptors (Lipinski definition) is 3. The second-order valence-corrected chi connectivity index (χ2v) is 5.17. The van der Waals surface area contributed by atoms with Gasteiger partial charge in [0.25, 0.3) is 0 Å². The van der Waals surface area contributed by atoms with Crippen LogP contribution in [0.3, 0.4) is 0 Å². The third-order valence-corrected chi connectivity index (χ3v) is 3.89. The van der Waals surface area contributed by atoms with Gasteiger partial charge in [0.05, 0.1) is 18.2 Å². The van der Waals surface area contributed by atoms with Crippen molar-refractivity contribution < 1.29 is 4.39 Å². The lowest BCUT2D eigenvalue weighted by atomic mass is 10.1. The normalized spacial score (nSPS) is 10.3. The number of halogens is 1. The minimum absolute atomic E-state index is 0.0850. The summed E-state index contributed by atoms with van der Waals surface area (Å²) in [6.45, 7) is 3.95.